The molecule has 0 spiro atoms. The van der Waals surface area contributed by atoms with Crippen LogP contribution in [-0.2, 0) is 11.3 Å². The van der Waals surface area contributed by atoms with Gasteiger partial charge in [-0.05, 0) is 42.5 Å². The van der Waals surface area contributed by atoms with Crippen molar-refractivity contribution in [2.75, 3.05) is 26.1 Å². The van der Waals surface area contributed by atoms with Gasteiger partial charge in [-0.15, -0.1) is 10.2 Å². The quantitative estimate of drug-likeness (QED) is 0.637. The number of carbonyl (C=O) groups excluding carboxylic acids is 1. The molecule has 0 aliphatic rings. The normalized spacial score (nSPS) is 10.4. The number of para-hydroxylation sites is 2. The highest BCUT2D eigenvalue weighted by molar-refractivity contribution is 5.92. The maximum absolute atomic E-state index is 12.3. The van der Waals surface area contributed by atoms with Gasteiger partial charge < -0.3 is 19.5 Å². The van der Waals surface area contributed by atoms with E-state index in [2.05, 4.69) is 20.7 Å². The van der Waals surface area contributed by atoms with Gasteiger partial charge in [-0.3, -0.25) is 4.79 Å². The van der Waals surface area contributed by atoms with E-state index in [-0.39, 0.29) is 12.5 Å². The predicted molar refractivity (Wildman–Crippen MR) is 103 cm³/mol. The average molecular weight is 383 g/mol. The van der Waals surface area contributed by atoms with E-state index in [1.165, 1.54) is 4.80 Å². The van der Waals surface area contributed by atoms with Crippen LogP contribution in [0.1, 0.15) is 6.92 Å². The Morgan fingerprint density at radius 2 is 1.86 bits per heavy atom. The smallest absolute Gasteiger partial charge is 0.248 e. The SMILES string of the molecule is CCOc1cc(-c2nnn(CC(=O)Nc3ccccc3OC)n2)ccc1OC. The Labute approximate surface area is 162 Å². The fourth-order valence-corrected chi connectivity index (χ4v) is 2.58. The molecule has 0 fully saturated rings. The molecule has 2 aromatic carbocycles. The first-order valence-electron chi connectivity index (χ1n) is 8.66. The third-order valence-electron chi connectivity index (χ3n) is 3.84. The Bertz CT molecular complexity index is 957. The molecule has 1 heterocycles. The average Bonchev–Trinajstić information content (AvgIpc) is 3.17. The Morgan fingerprint density at radius 3 is 2.61 bits per heavy atom. The molecule has 1 amide bonds. The largest absolute Gasteiger partial charge is 0.495 e. The summed E-state index contributed by atoms with van der Waals surface area (Å²) in [5.74, 6) is 1.87. The van der Waals surface area contributed by atoms with Crippen molar-refractivity contribution in [3.8, 4) is 28.6 Å². The first kappa shape index (κ1) is 19.2. The lowest BCUT2D eigenvalue weighted by Crippen LogP contribution is -2.20. The van der Waals surface area contributed by atoms with Crippen molar-refractivity contribution in [1.82, 2.24) is 20.2 Å². The fraction of sp³-hybridized carbons (Fsp3) is 0.263. The van der Waals surface area contributed by atoms with E-state index in [1.807, 2.05) is 19.1 Å². The summed E-state index contributed by atoms with van der Waals surface area (Å²) >= 11 is 0. The maximum Gasteiger partial charge on any atom is 0.248 e. The number of tetrazole rings is 1. The molecule has 0 bridgehead atoms. The van der Waals surface area contributed by atoms with Crippen LogP contribution in [0.3, 0.4) is 0 Å². The third kappa shape index (κ3) is 4.37. The van der Waals surface area contributed by atoms with Gasteiger partial charge >= 0.3 is 0 Å². The monoisotopic (exact) mass is 383 g/mol. The number of aromatic nitrogens is 4. The molecule has 1 aromatic heterocycles. The number of hydrogen-bond acceptors (Lipinski definition) is 7. The van der Waals surface area contributed by atoms with Gasteiger partial charge in [0.1, 0.15) is 12.3 Å². The van der Waals surface area contributed by atoms with Crippen LogP contribution >= 0.6 is 0 Å². The van der Waals surface area contributed by atoms with Gasteiger partial charge in [0, 0.05) is 5.56 Å². The van der Waals surface area contributed by atoms with Gasteiger partial charge in [-0.2, -0.15) is 4.80 Å². The minimum absolute atomic E-state index is 0.0838. The molecule has 0 aliphatic heterocycles. The minimum atomic E-state index is -0.293. The molecule has 28 heavy (non-hydrogen) atoms. The number of rotatable bonds is 8. The molecule has 0 saturated carbocycles. The summed E-state index contributed by atoms with van der Waals surface area (Å²) in [6, 6.07) is 12.5. The number of methoxy groups -OCH3 is 2. The molecule has 0 aliphatic carbocycles. The van der Waals surface area contributed by atoms with E-state index in [1.54, 1.807) is 44.6 Å². The Balaban J connectivity index is 1.72. The molecule has 3 rings (SSSR count). The van der Waals surface area contributed by atoms with Crippen molar-refractivity contribution >= 4 is 11.6 Å². The highest BCUT2D eigenvalue weighted by Gasteiger charge is 2.13. The Hall–Kier alpha value is -3.62. The van der Waals surface area contributed by atoms with Gasteiger partial charge in [0.05, 0.1) is 26.5 Å². The number of anilines is 1. The van der Waals surface area contributed by atoms with Crippen LogP contribution in [0.5, 0.6) is 17.2 Å². The lowest BCUT2D eigenvalue weighted by atomic mass is 10.2. The van der Waals surface area contributed by atoms with Crippen LogP contribution < -0.4 is 19.5 Å². The second kappa shape index (κ2) is 8.85. The van der Waals surface area contributed by atoms with E-state index < -0.39 is 0 Å². The topological polar surface area (TPSA) is 100 Å². The number of benzene rings is 2. The fourth-order valence-electron chi connectivity index (χ4n) is 2.58. The van der Waals surface area contributed by atoms with Gasteiger partial charge in [0.2, 0.25) is 11.7 Å². The summed E-state index contributed by atoms with van der Waals surface area (Å²) < 4.78 is 16.1. The summed E-state index contributed by atoms with van der Waals surface area (Å²) in [6.45, 7) is 2.31. The first-order valence-corrected chi connectivity index (χ1v) is 8.66. The number of ether oxygens (including phenoxy) is 3. The first-order chi connectivity index (χ1) is 13.6. The molecule has 1 N–H and O–H groups in total. The standard InChI is InChI=1S/C19H21N5O4/c1-4-28-17-11-13(9-10-16(17)27-3)19-21-23-24(22-19)12-18(25)20-14-7-5-6-8-15(14)26-2/h5-11H,4,12H2,1-3H3,(H,20,25). The second-order valence-corrected chi connectivity index (χ2v) is 5.69. The summed E-state index contributed by atoms with van der Waals surface area (Å²) in [5.41, 5.74) is 1.28. The van der Waals surface area contributed by atoms with Crippen molar-refractivity contribution in [1.29, 1.82) is 0 Å². The van der Waals surface area contributed by atoms with Crippen molar-refractivity contribution in [3.63, 3.8) is 0 Å². The number of carbonyl (C=O) groups is 1. The Kier molecular flexibility index (Phi) is 6.05. The minimum Gasteiger partial charge on any atom is -0.495 e. The molecule has 0 saturated heterocycles. The van der Waals surface area contributed by atoms with E-state index >= 15 is 0 Å². The van der Waals surface area contributed by atoms with Crippen molar-refractivity contribution in [2.24, 2.45) is 0 Å². The summed E-state index contributed by atoms with van der Waals surface area (Å²) in [6.07, 6.45) is 0. The third-order valence-corrected chi connectivity index (χ3v) is 3.84. The molecule has 9 heteroatoms. The highest BCUT2D eigenvalue weighted by atomic mass is 16.5. The molecule has 146 valence electrons. The van der Waals surface area contributed by atoms with E-state index in [0.29, 0.717) is 40.9 Å². The molecular weight excluding hydrogens is 362 g/mol. The zero-order chi connectivity index (χ0) is 19.9. The van der Waals surface area contributed by atoms with Gasteiger partial charge in [-0.1, -0.05) is 12.1 Å². The summed E-state index contributed by atoms with van der Waals surface area (Å²) in [4.78, 5) is 13.5. The molecule has 0 radical (unpaired) electrons. The van der Waals surface area contributed by atoms with Crippen molar-refractivity contribution < 1.29 is 19.0 Å². The van der Waals surface area contributed by atoms with Gasteiger partial charge in [-0.25, -0.2) is 0 Å². The molecule has 3 aromatic rings. The zero-order valence-electron chi connectivity index (χ0n) is 15.9. The number of nitrogens with zero attached hydrogens (tertiary/aromatic N) is 4. The zero-order valence-corrected chi connectivity index (χ0v) is 15.9. The summed E-state index contributed by atoms with van der Waals surface area (Å²) in [5, 5.41) is 15.0. The Morgan fingerprint density at radius 1 is 1.07 bits per heavy atom. The summed E-state index contributed by atoms with van der Waals surface area (Å²) in [7, 11) is 3.12. The van der Waals surface area contributed by atoms with E-state index in [9.17, 15) is 4.79 Å². The molecule has 0 atom stereocenters. The van der Waals surface area contributed by atoms with Crippen LogP contribution in [0, 0.1) is 0 Å². The van der Waals surface area contributed by atoms with Crippen molar-refractivity contribution in [3.05, 3.63) is 42.5 Å². The molecule has 0 unspecified atom stereocenters. The number of nitrogens with one attached hydrogen (secondary N) is 1. The second-order valence-electron chi connectivity index (χ2n) is 5.69. The van der Waals surface area contributed by atoms with Crippen LogP contribution in [-0.4, -0.2) is 46.9 Å². The van der Waals surface area contributed by atoms with Gasteiger partial charge in [0.15, 0.2) is 11.5 Å². The van der Waals surface area contributed by atoms with Crippen LogP contribution in [0.15, 0.2) is 42.5 Å². The predicted octanol–water partition coefficient (Wildman–Crippen LogP) is 2.39. The highest BCUT2D eigenvalue weighted by Crippen LogP contribution is 2.31. The van der Waals surface area contributed by atoms with Crippen molar-refractivity contribution in [2.45, 2.75) is 13.5 Å². The van der Waals surface area contributed by atoms with Crippen LogP contribution in [0.4, 0.5) is 5.69 Å². The number of amides is 1. The molecular formula is C19H21N5O4. The van der Waals surface area contributed by atoms with E-state index in [4.69, 9.17) is 14.2 Å². The molecule has 9 nitrogen and oxygen atoms in total. The maximum atomic E-state index is 12.3. The van der Waals surface area contributed by atoms with Crippen LogP contribution in [0.25, 0.3) is 11.4 Å². The van der Waals surface area contributed by atoms with Crippen LogP contribution in [0.2, 0.25) is 0 Å². The number of hydrogen-bond donors (Lipinski definition) is 1. The lowest BCUT2D eigenvalue weighted by Gasteiger charge is -2.09. The van der Waals surface area contributed by atoms with E-state index in [0.717, 1.165) is 0 Å². The van der Waals surface area contributed by atoms with Gasteiger partial charge in [0.25, 0.3) is 0 Å². The lowest BCUT2D eigenvalue weighted by molar-refractivity contribution is -0.117.